The van der Waals surface area contributed by atoms with E-state index in [4.69, 9.17) is 16.3 Å². The third-order valence-electron chi connectivity index (χ3n) is 4.67. The molecule has 0 spiro atoms. The van der Waals surface area contributed by atoms with Crippen LogP contribution in [0, 0.1) is 5.92 Å². The van der Waals surface area contributed by atoms with Gasteiger partial charge in [0.1, 0.15) is 0 Å². The number of halogens is 1. The lowest BCUT2D eigenvalue weighted by Crippen LogP contribution is -2.49. The molecule has 0 aliphatic carbocycles. The van der Waals surface area contributed by atoms with Gasteiger partial charge in [0.05, 0.1) is 18.6 Å². The van der Waals surface area contributed by atoms with E-state index in [1.54, 1.807) is 0 Å². The summed E-state index contributed by atoms with van der Waals surface area (Å²) in [6.07, 6.45) is 1.33. The minimum Gasteiger partial charge on any atom is -0.466 e. The van der Waals surface area contributed by atoms with E-state index >= 15 is 0 Å². The summed E-state index contributed by atoms with van der Waals surface area (Å²) in [7, 11) is 0. The fourth-order valence-corrected chi connectivity index (χ4v) is 3.53. The number of benzene rings is 1. The first-order valence-electron chi connectivity index (χ1n) is 8.90. The summed E-state index contributed by atoms with van der Waals surface area (Å²) in [4.78, 5) is 26.3. The van der Waals surface area contributed by atoms with Crippen LogP contribution in [-0.4, -0.2) is 42.5 Å². The maximum absolute atomic E-state index is 12.7. The highest BCUT2D eigenvalue weighted by Gasteiger charge is 2.30. The first-order valence-corrected chi connectivity index (χ1v) is 9.27. The van der Waals surface area contributed by atoms with Crippen LogP contribution in [-0.2, 0) is 14.3 Å². The molecular weight excluding hydrogens is 340 g/mol. The summed E-state index contributed by atoms with van der Waals surface area (Å²) in [5.41, 5.74) is 0.977. The normalized spacial score (nSPS) is 17.8. The molecule has 6 heteroatoms. The Hall–Kier alpha value is -1.59. The Kier molecular flexibility index (Phi) is 7.26. The molecule has 138 valence electrons. The van der Waals surface area contributed by atoms with Crippen LogP contribution in [0.4, 0.5) is 0 Å². The molecule has 0 saturated carbocycles. The number of piperidine rings is 1. The quantitative estimate of drug-likeness (QED) is 0.785. The van der Waals surface area contributed by atoms with Gasteiger partial charge in [0, 0.05) is 24.2 Å². The monoisotopic (exact) mass is 366 g/mol. The van der Waals surface area contributed by atoms with Gasteiger partial charge in [0.15, 0.2) is 0 Å². The van der Waals surface area contributed by atoms with E-state index in [9.17, 15) is 9.59 Å². The summed E-state index contributed by atoms with van der Waals surface area (Å²) in [6, 6.07) is 7.30. The molecule has 1 heterocycles. The molecule has 1 aromatic rings. The fourth-order valence-electron chi connectivity index (χ4n) is 3.23. The van der Waals surface area contributed by atoms with Crippen LogP contribution in [0.2, 0.25) is 5.02 Å². The van der Waals surface area contributed by atoms with Crippen LogP contribution >= 0.6 is 11.6 Å². The molecule has 1 saturated heterocycles. The highest BCUT2D eigenvalue weighted by Crippen LogP contribution is 2.23. The lowest BCUT2D eigenvalue weighted by molar-refractivity contribution is -0.151. The topological polar surface area (TPSA) is 58.6 Å². The molecule has 1 aromatic carbocycles. The van der Waals surface area contributed by atoms with Crippen LogP contribution in [0.1, 0.15) is 45.2 Å². The van der Waals surface area contributed by atoms with Crippen molar-refractivity contribution in [2.45, 2.75) is 45.7 Å². The van der Waals surface area contributed by atoms with Gasteiger partial charge in [-0.3, -0.25) is 14.9 Å². The number of nitrogens with one attached hydrogen (secondary N) is 1. The predicted octanol–water partition coefficient (Wildman–Crippen LogP) is 3.18. The van der Waals surface area contributed by atoms with Crippen molar-refractivity contribution in [2.24, 2.45) is 5.92 Å². The summed E-state index contributed by atoms with van der Waals surface area (Å²) >= 11 is 6.22. The summed E-state index contributed by atoms with van der Waals surface area (Å²) in [5, 5.41) is 4.01. The molecule has 2 unspecified atom stereocenters. The summed E-state index contributed by atoms with van der Waals surface area (Å²) < 4.78 is 5.07. The average Bonchev–Trinajstić information content (AvgIpc) is 2.61. The van der Waals surface area contributed by atoms with Crippen molar-refractivity contribution in [3.63, 3.8) is 0 Å². The third-order valence-corrected chi connectivity index (χ3v) is 5.01. The van der Waals surface area contributed by atoms with Crippen LogP contribution in [0.3, 0.4) is 0 Å². The summed E-state index contributed by atoms with van der Waals surface area (Å²) in [6.45, 7) is 7.26. The van der Waals surface area contributed by atoms with E-state index in [1.807, 2.05) is 49.9 Å². The third kappa shape index (κ3) is 5.19. The first-order chi connectivity index (χ1) is 11.9. The molecule has 2 rings (SSSR count). The number of carbonyl (C=O) groups is 2. The summed E-state index contributed by atoms with van der Waals surface area (Å²) in [5.74, 6) is -0.177. The number of hydrogen-bond acceptors (Lipinski definition) is 4. The van der Waals surface area contributed by atoms with Gasteiger partial charge >= 0.3 is 5.97 Å². The lowest BCUT2D eigenvalue weighted by atomic mass is 9.96. The van der Waals surface area contributed by atoms with E-state index < -0.39 is 0 Å². The number of rotatable bonds is 6. The molecule has 2 atom stereocenters. The highest BCUT2D eigenvalue weighted by atomic mass is 35.5. The number of hydrogen-bond donors (Lipinski definition) is 1. The van der Waals surface area contributed by atoms with E-state index in [0.717, 1.165) is 5.56 Å². The predicted molar refractivity (Wildman–Crippen MR) is 98.4 cm³/mol. The minimum atomic E-state index is -0.314. The zero-order valence-electron chi connectivity index (χ0n) is 15.1. The largest absolute Gasteiger partial charge is 0.466 e. The fraction of sp³-hybridized carbons (Fsp3) is 0.579. The maximum Gasteiger partial charge on any atom is 0.309 e. The second-order valence-electron chi connectivity index (χ2n) is 6.48. The molecule has 1 aliphatic rings. The van der Waals surface area contributed by atoms with Crippen molar-refractivity contribution < 1.29 is 14.3 Å². The highest BCUT2D eigenvalue weighted by molar-refractivity contribution is 6.31. The van der Waals surface area contributed by atoms with Crippen LogP contribution in [0.5, 0.6) is 0 Å². The van der Waals surface area contributed by atoms with Gasteiger partial charge in [-0.15, -0.1) is 0 Å². The molecular formula is C19H27ClN2O3. The molecule has 1 aliphatic heterocycles. The molecule has 1 N–H and O–H groups in total. The Balaban J connectivity index is 1.86. The van der Waals surface area contributed by atoms with Gasteiger partial charge in [-0.25, -0.2) is 0 Å². The Morgan fingerprint density at radius 3 is 2.52 bits per heavy atom. The Labute approximate surface area is 154 Å². The van der Waals surface area contributed by atoms with Crippen molar-refractivity contribution in [3.05, 3.63) is 34.9 Å². The van der Waals surface area contributed by atoms with Gasteiger partial charge in [-0.2, -0.15) is 0 Å². The van der Waals surface area contributed by atoms with E-state index in [2.05, 4.69) is 5.32 Å². The first kappa shape index (κ1) is 19.7. The van der Waals surface area contributed by atoms with Gasteiger partial charge in [-0.1, -0.05) is 29.8 Å². The van der Waals surface area contributed by atoms with Crippen molar-refractivity contribution in [2.75, 3.05) is 19.7 Å². The molecule has 5 nitrogen and oxygen atoms in total. The van der Waals surface area contributed by atoms with Crippen LogP contribution in [0.15, 0.2) is 24.3 Å². The van der Waals surface area contributed by atoms with Crippen LogP contribution < -0.4 is 5.32 Å². The van der Waals surface area contributed by atoms with Crippen molar-refractivity contribution in [1.82, 2.24) is 10.2 Å². The van der Waals surface area contributed by atoms with Crippen LogP contribution in [0.25, 0.3) is 0 Å². The number of nitrogens with zero attached hydrogens (tertiary/aromatic N) is 1. The van der Waals surface area contributed by atoms with Gasteiger partial charge in [-0.05, 0) is 45.2 Å². The molecule has 1 fully saturated rings. The number of amides is 1. The van der Waals surface area contributed by atoms with Crippen molar-refractivity contribution >= 4 is 23.5 Å². The molecule has 0 bridgehead atoms. The SMILES string of the molecule is CCOC(=O)C1CCN(C(=O)C(C)NC(C)c2ccccc2Cl)CC1. The molecule has 25 heavy (non-hydrogen) atoms. The smallest absolute Gasteiger partial charge is 0.309 e. The standard InChI is InChI=1S/C19H27ClN2O3/c1-4-25-19(24)15-9-11-22(12-10-15)18(23)14(3)21-13(2)16-7-5-6-8-17(16)20/h5-8,13-15,21H,4,9-12H2,1-3H3. The number of carbonyl (C=O) groups excluding carboxylic acids is 2. The second kappa shape index (κ2) is 9.20. The van der Waals surface area contributed by atoms with E-state index in [1.165, 1.54) is 0 Å². The Bertz CT molecular complexity index is 600. The molecule has 0 aromatic heterocycles. The second-order valence-corrected chi connectivity index (χ2v) is 6.89. The minimum absolute atomic E-state index is 0.0234. The maximum atomic E-state index is 12.7. The number of ether oxygens (including phenoxy) is 1. The zero-order chi connectivity index (χ0) is 18.4. The lowest BCUT2D eigenvalue weighted by Gasteiger charge is -2.33. The van der Waals surface area contributed by atoms with Gasteiger partial charge in [0.2, 0.25) is 5.91 Å². The molecule has 1 amide bonds. The zero-order valence-corrected chi connectivity index (χ0v) is 15.9. The number of likely N-dealkylation sites (tertiary alicyclic amines) is 1. The molecule has 0 radical (unpaired) electrons. The van der Waals surface area contributed by atoms with Gasteiger partial charge in [0.25, 0.3) is 0 Å². The van der Waals surface area contributed by atoms with Crippen molar-refractivity contribution in [3.8, 4) is 0 Å². The van der Waals surface area contributed by atoms with Gasteiger partial charge < -0.3 is 9.64 Å². The Morgan fingerprint density at radius 1 is 1.28 bits per heavy atom. The Morgan fingerprint density at radius 2 is 1.92 bits per heavy atom. The van der Waals surface area contributed by atoms with E-state index in [-0.39, 0.29) is 29.9 Å². The van der Waals surface area contributed by atoms with E-state index in [0.29, 0.717) is 37.6 Å². The average molecular weight is 367 g/mol. The van der Waals surface area contributed by atoms with Crippen molar-refractivity contribution in [1.29, 1.82) is 0 Å². The number of esters is 1.